The summed E-state index contributed by atoms with van der Waals surface area (Å²) >= 11 is 0. The predicted octanol–water partition coefficient (Wildman–Crippen LogP) is 4.98. The molecular weight excluding hydrogens is 374 g/mol. The molecule has 1 aliphatic carbocycles. The van der Waals surface area contributed by atoms with Crippen LogP contribution in [0, 0.1) is 11.8 Å². The largest absolute Gasteiger partial charge is 0.495 e. The first-order valence-corrected chi connectivity index (χ1v) is 9.98. The minimum absolute atomic E-state index is 0.0634. The SMILES string of the molecule is COc1ccccc1C#CCCNC(=O)OCC1c2ccccc2-c2ccccc21. The number of rotatable bonds is 5. The smallest absolute Gasteiger partial charge is 0.407 e. The number of carbonyl (C=O) groups is 1. The van der Waals surface area contributed by atoms with Gasteiger partial charge < -0.3 is 14.8 Å². The molecule has 4 rings (SSSR count). The van der Waals surface area contributed by atoms with Crippen LogP contribution in [0.2, 0.25) is 0 Å². The Morgan fingerprint density at radius 2 is 1.57 bits per heavy atom. The van der Waals surface area contributed by atoms with Crippen molar-refractivity contribution >= 4 is 6.09 Å². The van der Waals surface area contributed by atoms with Crippen molar-refractivity contribution in [3.63, 3.8) is 0 Å². The number of hydrogen-bond acceptors (Lipinski definition) is 3. The first-order valence-electron chi connectivity index (χ1n) is 9.98. The maximum absolute atomic E-state index is 12.2. The third-order valence-corrected chi connectivity index (χ3v) is 5.19. The van der Waals surface area contributed by atoms with E-state index in [0.717, 1.165) is 11.3 Å². The number of alkyl carbamates (subject to hydrolysis) is 1. The van der Waals surface area contributed by atoms with Gasteiger partial charge >= 0.3 is 6.09 Å². The lowest BCUT2D eigenvalue weighted by atomic mass is 9.98. The van der Waals surface area contributed by atoms with E-state index in [-0.39, 0.29) is 5.92 Å². The molecule has 0 aliphatic heterocycles. The zero-order valence-electron chi connectivity index (χ0n) is 16.9. The van der Waals surface area contributed by atoms with Gasteiger partial charge in [-0.15, -0.1) is 0 Å². The summed E-state index contributed by atoms with van der Waals surface area (Å²) in [5.41, 5.74) is 5.67. The topological polar surface area (TPSA) is 47.6 Å². The van der Waals surface area contributed by atoms with E-state index in [4.69, 9.17) is 9.47 Å². The average molecular weight is 397 g/mol. The van der Waals surface area contributed by atoms with E-state index in [1.807, 2.05) is 48.5 Å². The molecule has 0 atom stereocenters. The molecule has 0 aromatic heterocycles. The maximum atomic E-state index is 12.2. The number of methoxy groups -OCH3 is 1. The lowest BCUT2D eigenvalue weighted by Gasteiger charge is -2.14. The number of ether oxygens (including phenoxy) is 2. The van der Waals surface area contributed by atoms with Crippen LogP contribution in [0.1, 0.15) is 29.0 Å². The molecule has 1 amide bonds. The normalized spacial score (nSPS) is 11.6. The second-order valence-corrected chi connectivity index (χ2v) is 7.00. The van der Waals surface area contributed by atoms with Crippen molar-refractivity contribution in [3.05, 3.63) is 89.5 Å². The van der Waals surface area contributed by atoms with Crippen LogP contribution >= 0.6 is 0 Å². The monoisotopic (exact) mass is 397 g/mol. The number of amides is 1. The van der Waals surface area contributed by atoms with Gasteiger partial charge in [0, 0.05) is 18.9 Å². The highest BCUT2D eigenvalue weighted by atomic mass is 16.5. The highest BCUT2D eigenvalue weighted by Crippen LogP contribution is 2.44. The van der Waals surface area contributed by atoms with E-state index in [1.54, 1.807) is 7.11 Å². The fourth-order valence-corrected chi connectivity index (χ4v) is 3.78. The molecule has 1 N–H and O–H groups in total. The Bertz CT molecular complexity index is 1060. The lowest BCUT2D eigenvalue weighted by Crippen LogP contribution is -2.26. The van der Waals surface area contributed by atoms with Crippen molar-refractivity contribution in [1.82, 2.24) is 5.32 Å². The fourth-order valence-electron chi connectivity index (χ4n) is 3.78. The minimum atomic E-state index is -0.420. The van der Waals surface area contributed by atoms with Gasteiger partial charge in [0.2, 0.25) is 0 Å². The molecule has 0 bridgehead atoms. The van der Waals surface area contributed by atoms with E-state index < -0.39 is 6.09 Å². The van der Waals surface area contributed by atoms with Gasteiger partial charge in [-0.25, -0.2) is 4.79 Å². The van der Waals surface area contributed by atoms with Crippen LogP contribution in [-0.2, 0) is 4.74 Å². The van der Waals surface area contributed by atoms with Gasteiger partial charge in [0.1, 0.15) is 12.4 Å². The van der Waals surface area contributed by atoms with Gasteiger partial charge in [0.15, 0.2) is 0 Å². The van der Waals surface area contributed by atoms with Crippen LogP contribution in [0.4, 0.5) is 4.79 Å². The quantitative estimate of drug-likeness (QED) is 0.488. The Hall–Kier alpha value is -3.71. The molecule has 30 heavy (non-hydrogen) atoms. The number of fused-ring (bicyclic) bond motifs is 3. The molecule has 0 spiro atoms. The number of nitrogens with one attached hydrogen (secondary N) is 1. The van der Waals surface area contributed by atoms with Gasteiger partial charge in [-0.1, -0.05) is 72.5 Å². The third-order valence-electron chi connectivity index (χ3n) is 5.19. The Kier molecular flexibility index (Phi) is 6.01. The van der Waals surface area contributed by atoms with Gasteiger partial charge in [-0.2, -0.15) is 0 Å². The van der Waals surface area contributed by atoms with Crippen LogP contribution in [-0.4, -0.2) is 26.4 Å². The molecule has 0 fully saturated rings. The Labute approximate surface area is 176 Å². The van der Waals surface area contributed by atoms with E-state index >= 15 is 0 Å². The van der Waals surface area contributed by atoms with Crippen molar-refractivity contribution in [1.29, 1.82) is 0 Å². The summed E-state index contributed by atoms with van der Waals surface area (Å²) < 4.78 is 10.8. The van der Waals surface area contributed by atoms with E-state index in [0.29, 0.717) is 19.6 Å². The molecule has 1 aliphatic rings. The molecule has 0 unspecified atom stereocenters. The van der Waals surface area contributed by atoms with Crippen molar-refractivity contribution in [2.24, 2.45) is 0 Å². The highest BCUT2D eigenvalue weighted by Gasteiger charge is 2.28. The van der Waals surface area contributed by atoms with Crippen LogP contribution < -0.4 is 10.1 Å². The van der Waals surface area contributed by atoms with Crippen LogP contribution in [0.5, 0.6) is 5.75 Å². The number of carbonyl (C=O) groups excluding carboxylic acids is 1. The minimum Gasteiger partial charge on any atom is -0.495 e. The van der Waals surface area contributed by atoms with Crippen LogP contribution in [0.15, 0.2) is 72.8 Å². The maximum Gasteiger partial charge on any atom is 0.407 e. The molecule has 3 aromatic rings. The summed E-state index contributed by atoms with van der Waals surface area (Å²) in [5, 5.41) is 2.77. The van der Waals surface area contributed by atoms with E-state index in [1.165, 1.54) is 22.3 Å². The zero-order valence-corrected chi connectivity index (χ0v) is 16.9. The highest BCUT2D eigenvalue weighted by molar-refractivity contribution is 5.79. The number of para-hydroxylation sites is 1. The van der Waals surface area contributed by atoms with Gasteiger partial charge in [-0.05, 0) is 34.4 Å². The van der Waals surface area contributed by atoms with Gasteiger partial charge in [0.25, 0.3) is 0 Å². The first-order chi connectivity index (χ1) is 14.8. The molecule has 0 saturated carbocycles. The molecule has 150 valence electrons. The predicted molar refractivity (Wildman–Crippen MR) is 118 cm³/mol. The van der Waals surface area contributed by atoms with Crippen molar-refractivity contribution in [2.45, 2.75) is 12.3 Å². The van der Waals surface area contributed by atoms with Crippen LogP contribution in [0.3, 0.4) is 0 Å². The first kappa shape index (κ1) is 19.6. The van der Waals surface area contributed by atoms with Crippen molar-refractivity contribution in [3.8, 4) is 28.7 Å². The standard InChI is InChI=1S/C26H23NO3/c1-29-25-16-7-2-10-19(25)11-8-9-17-27-26(28)30-18-24-22-14-5-3-12-20(22)21-13-4-6-15-23(21)24/h2-7,10,12-16,24H,9,17-18H2,1H3,(H,27,28). The fraction of sp³-hybridized carbons (Fsp3) is 0.192. The van der Waals surface area contributed by atoms with E-state index in [9.17, 15) is 4.79 Å². The summed E-state index contributed by atoms with van der Waals surface area (Å²) in [6, 6.07) is 24.2. The molecule has 3 aromatic carbocycles. The van der Waals surface area contributed by atoms with E-state index in [2.05, 4.69) is 41.4 Å². The summed E-state index contributed by atoms with van der Waals surface area (Å²) in [6.07, 6.45) is 0.110. The Morgan fingerprint density at radius 1 is 0.933 bits per heavy atom. The molecule has 0 radical (unpaired) electrons. The van der Waals surface area contributed by atoms with Crippen LogP contribution in [0.25, 0.3) is 11.1 Å². The molecular formula is C26H23NO3. The molecule has 0 heterocycles. The Morgan fingerprint density at radius 3 is 2.27 bits per heavy atom. The zero-order chi connectivity index (χ0) is 20.8. The summed E-state index contributed by atoms with van der Waals surface area (Å²) in [6.45, 7) is 0.742. The van der Waals surface area contributed by atoms with Gasteiger partial charge in [0.05, 0.1) is 12.7 Å². The second-order valence-electron chi connectivity index (χ2n) is 7.00. The summed E-state index contributed by atoms with van der Waals surface area (Å²) in [5.74, 6) is 6.93. The molecule has 4 heteroatoms. The van der Waals surface area contributed by atoms with Gasteiger partial charge in [-0.3, -0.25) is 0 Å². The summed E-state index contributed by atoms with van der Waals surface area (Å²) in [4.78, 5) is 12.2. The Balaban J connectivity index is 1.29. The van der Waals surface area contributed by atoms with Crippen molar-refractivity contribution in [2.75, 3.05) is 20.3 Å². The lowest BCUT2D eigenvalue weighted by molar-refractivity contribution is 0.143. The average Bonchev–Trinajstić information content (AvgIpc) is 3.11. The third kappa shape index (κ3) is 4.16. The second kappa shape index (κ2) is 9.19. The molecule has 4 nitrogen and oxygen atoms in total. The van der Waals surface area contributed by atoms with Crippen molar-refractivity contribution < 1.29 is 14.3 Å². The number of benzene rings is 3. The number of hydrogen-bond donors (Lipinski definition) is 1. The summed E-state index contributed by atoms with van der Waals surface area (Å²) in [7, 11) is 1.62. The molecule has 0 saturated heterocycles.